The molecule has 0 saturated heterocycles. The van der Waals surface area contributed by atoms with Gasteiger partial charge in [-0.1, -0.05) is 12.8 Å². The van der Waals surface area contributed by atoms with Crippen molar-refractivity contribution in [3.63, 3.8) is 0 Å². The fraction of sp³-hybridized carbons (Fsp3) is 0.389. The van der Waals surface area contributed by atoms with E-state index in [1.54, 1.807) is 30.5 Å². The van der Waals surface area contributed by atoms with E-state index in [1.807, 2.05) is 0 Å². The number of aromatic nitrogens is 2. The summed E-state index contributed by atoms with van der Waals surface area (Å²) in [5.74, 6) is 0.528. The summed E-state index contributed by atoms with van der Waals surface area (Å²) in [6, 6.07) is 6.77. The average Bonchev–Trinajstić information content (AvgIpc) is 3.18. The van der Waals surface area contributed by atoms with Gasteiger partial charge in [-0.3, -0.25) is 9.78 Å². The molecular formula is C18H21N3O4S. The molecule has 7 nitrogen and oxygen atoms in total. The number of anilines is 1. The summed E-state index contributed by atoms with van der Waals surface area (Å²) in [6.07, 6.45) is 7.91. The Morgan fingerprint density at radius 2 is 1.88 bits per heavy atom. The van der Waals surface area contributed by atoms with E-state index in [9.17, 15) is 13.2 Å². The van der Waals surface area contributed by atoms with Gasteiger partial charge in [0.2, 0.25) is 11.8 Å². The van der Waals surface area contributed by atoms with Gasteiger partial charge in [0.05, 0.1) is 17.2 Å². The van der Waals surface area contributed by atoms with E-state index in [-0.39, 0.29) is 23.3 Å². The first kappa shape index (κ1) is 18.3. The van der Waals surface area contributed by atoms with E-state index in [2.05, 4.69) is 15.3 Å². The highest BCUT2D eigenvalue weighted by atomic mass is 32.2. The minimum Gasteiger partial charge on any atom is -0.438 e. The molecule has 1 N–H and O–H groups in total. The highest BCUT2D eigenvalue weighted by Crippen LogP contribution is 2.25. The highest BCUT2D eigenvalue weighted by molar-refractivity contribution is 7.92. The SMILES string of the molecule is O=C(CCS(=O)(=O)C1CCCC1)Nc1ccc(Oc2cnccn2)cc1. The van der Waals surface area contributed by atoms with Gasteiger partial charge < -0.3 is 10.1 Å². The molecule has 1 heterocycles. The van der Waals surface area contributed by atoms with Crippen molar-refractivity contribution in [3.8, 4) is 11.6 Å². The molecule has 1 saturated carbocycles. The van der Waals surface area contributed by atoms with Gasteiger partial charge >= 0.3 is 0 Å². The molecule has 0 unspecified atom stereocenters. The van der Waals surface area contributed by atoms with Crippen LogP contribution < -0.4 is 10.1 Å². The second kappa shape index (κ2) is 8.27. The number of sulfone groups is 1. The zero-order valence-corrected chi connectivity index (χ0v) is 15.1. The highest BCUT2D eigenvalue weighted by Gasteiger charge is 2.28. The van der Waals surface area contributed by atoms with Crippen LogP contribution in [0.3, 0.4) is 0 Å². The van der Waals surface area contributed by atoms with Crippen molar-refractivity contribution in [1.29, 1.82) is 0 Å². The molecule has 0 spiro atoms. The summed E-state index contributed by atoms with van der Waals surface area (Å²) in [5, 5.41) is 2.44. The molecule has 1 fully saturated rings. The smallest absolute Gasteiger partial charge is 0.237 e. The number of benzene rings is 1. The zero-order chi connectivity index (χ0) is 18.4. The van der Waals surface area contributed by atoms with Crippen LogP contribution in [0.1, 0.15) is 32.1 Å². The molecule has 0 atom stereocenters. The Labute approximate surface area is 152 Å². The fourth-order valence-electron chi connectivity index (χ4n) is 2.94. The van der Waals surface area contributed by atoms with Crippen LogP contribution in [0.25, 0.3) is 0 Å². The van der Waals surface area contributed by atoms with Gasteiger partial charge in [-0.05, 0) is 37.1 Å². The van der Waals surface area contributed by atoms with Crippen molar-refractivity contribution >= 4 is 21.4 Å². The molecule has 1 amide bonds. The Morgan fingerprint density at radius 1 is 1.15 bits per heavy atom. The number of amides is 1. The summed E-state index contributed by atoms with van der Waals surface area (Å²) < 4.78 is 29.9. The van der Waals surface area contributed by atoms with Crippen molar-refractivity contribution < 1.29 is 17.9 Å². The van der Waals surface area contributed by atoms with Crippen molar-refractivity contribution in [1.82, 2.24) is 9.97 Å². The number of hydrogen-bond donors (Lipinski definition) is 1. The van der Waals surface area contributed by atoms with E-state index in [0.29, 0.717) is 17.3 Å². The standard InChI is InChI=1S/C18H21N3O4S/c22-17(9-12-26(23,24)16-3-1-2-4-16)21-14-5-7-15(8-6-14)25-18-13-19-10-11-20-18/h5-8,10-11,13,16H,1-4,9,12H2,(H,21,22). The summed E-state index contributed by atoms with van der Waals surface area (Å²) in [4.78, 5) is 20.0. The Hall–Kier alpha value is -2.48. The number of nitrogens with zero attached hydrogens (tertiary/aromatic N) is 2. The first-order valence-corrected chi connectivity index (χ1v) is 10.3. The lowest BCUT2D eigenvalue weighted by molar-refractivity contribution is -0.115. The van der Waals surface area contributed by atoms with Crippen molar-refractivity contribution in [3.05, 3.63) is 42.9 Å². The maximum atomic E-state index is 12.2. The summed E-state index contributed by atoms with van der Waals surface area (Å²) in [6.45, 7) is 0. The molecule has 1 aliphatic carbocycles. The average molecular weight is 375 g/mol. The van der Waals surface area contributed by atoms with E-state index >= 15 is 0 Å². The Balaban J connectivity index is 1.50. The lowest BCUT2D eigenvalue weighted by atomic mass is 10.3. The van der Waals surface area contributed by atoms with E-state index in [4.69, 9.17) is 4.74 Å². The summed E-state index contributed by atoms with van der Waals surface area (Å²) >= 11 is 0. The van der Waals surface area contributed by atoms with Gasteiger partial charge in [0.15, 0.2) is 9.84 Å². The topological polar surface area (TPSA) is 98.2 Å². The Kier molecular flexibility index (Phi) is 5.82. The molecule has 0 bridgehead atoms. The number of carbonyl (C=O) groups excluding carboxylic acids is 1. The Morgan fingerprint density at radius 3 is 2.54 bits per heavy atom. The lowest BCUT2D eigenvalue weighted by Gasteiger charge is -2.11. The number of hydrogen-bond acceptors (Lipinski definition) is 6. The molecule has 3 rings (SSSR count). The molecule has 0 aliphatic heterocycles. The molecule has 8 heteroatoms. The third-order valence-corrected chi connectivity index (χ3v) is 6.58. The van der Waals surface area contributed by atoms with Gasteiger partial charge in [0.1, 0.15) is 5.75 Å². The normalized spacial score (nSPS) is 14.9. The van der Waals surface area contributed by atoms with Gasteiger partial charge in [0, 0.05) is 24.5 Å². The number of ether oxygens (including phenoxy) is 1. The minimum atomic E-state index is -3.18. The van der Waals surface area contributed by atoms with E-state index < -0.39 is 9.84 Å². The summed E-state index contributed by atoms with van der Waals surface area (Å²) in [7, 11) is -3.18. The maximum Gasteiger partial charge on any atom is 0.237 e. The molecule has 26 heavy (non-hydrogen) atoms. The number of nitrogens with one attached hydrogen (secondary N) is 1. The van der Waals surface area contributed by atoms with E-state index in [1.165, 1.54) is 12.4 Å². The molecule has 1 aliphatic rings. The largest absolute Gasteiger partial charge is 0.438 e. The summed E-state index contributed by atoms with van der Waals surface area (Å²) in [5.41, 5.74) is 0.583. The predicted molar refractivity (Wildman–Crippen MR) is 97.8 cm³/mol. The molecule has 1 aromatic heterocycles. The van der Waals surface area contributed by atoms with Crippen LogP contribution in [0, 0.1) is 0 Å². The molecule has 2 aromatic rings. The maximum absolute atomic E-state index is 12.2. The van der Waals surface area contributed by atoms with Crippen LogP contribution in [0.5, 0.6) is 11.6 Å². The van der Waals surface area contributed by atoms with Crippen LogP contribution in [-0.4, -0.2) is 35.3 Å². The predicted octanol–water partition coefficient (Wildman–Crippen LogP) is 2.95. The molecular weight excluding hydrogens is 354 g/mol. The fourth-order valence-corrected chi connectivity index (χ4v) is 4.79. The van der Waals surface area contributed by atoms with Gasteiger partial charge in [-0.2, -0.15) is 0 Å². The second-order valence-electron chi connectivity index (χ2n) is 6.24. The first-order chi connectivity index (χ1) is 12.5. The van der Waals surface area contributed by atoms with Crippen LogP contribution in [0.15, 0.2) is 42.9 Å². The molecule has 138 valence electrons. The van der Waals surface area contributed by atoms with Crippen LogP contribution >= 0.6 is 0 Å². The quantitative estimate of drug-likeness (QED) is 0.799. The monoisotopic (exact) mass is 375 g/mol. The first-order valence-electron chi connectivity index (χ1n) is 8.58. The van der Waals surface area contributed by atoms with Gasteiger partial charge in [-0.25, -0.2) is 13.4 Å². The number of carbonyl (C=O) groups is 1. The van der Waals surface area contributed by atoms with Gasteiger partial charge in [0.25, 0.3) is 0 Å². The molecule has 0 radical (unpaired) electrons. The van der Waals surface area contributed by atoms with Crippen molar-refractivity contribution in [2.75, 3.05) is 11.1 Å². The van der Waals surface area contributed by atoms with Gasteiger partial charge in [-0.15, -0.1) is 0 Å². The number of rotatable bonds is 7. The van der Waals surface area contributed by atoms with Crippen molar-refractivity contribution in [2.24, 2.45) is 0 Å². The minimum absolute atomic E-state index is 0.0311. The van der Waals surface area contributed by atoms with Crippen LogP contribution in [0.2, 0.25) is 0 Å². The third-order valence-electron chi connectivity index (χ3n) is 4.32. The van der Waals surface area contributed by atoms with Crippen LogP contribution in [-0.2, 0) is 14.6 Å². The van der Waals surface area contributed by atoms with Crippen LogP contribution in [0.4, 0.5) is 5.69 Å². The molecule has 1 aromatic carbocycles. The zero-order valence-electron chi connectivity index (χ0n) is 14.3. The second-order valence-corrected chi connectivity index (χ2v) is 8.64. The lowest BCUT2D eigenvalue weighted by Crippen LogP contribution is -2.24. The Bertz CT molecular complexity index is 832. The third kappa shape index (κ3) is 5.01. The van der Waals surface area contributed by atoms with E-state index in [0.717, 1.165) is 25.7 Å². The van der Waals surface area contributed by atoms with Crippen molar-refractivity contribution in [2.45, 2.75) is 37.4 Å².